The molecule has 0 radical (unpaired) electrons. The van der Waals surface area contributed by atoms with Crippen molar-refractivity contribution in [1.82, 2.24) is 0 Å². The molecular formula is C15H18O. The molecule has 3 atom stereocenters. The van der Waals surface area contributed by atoms with E-state index >= 15 is 0 Å². The maximum Gasteiger partial charge on any atom is 0.119 e. The van der Waals surface area contributed by atoms with Gasteiger partial charge in [0.2, 0.25) is 0 Å². The standard InChI is InChI=1S/C15H18O/c1-2-4-15(5-3-1)16-9-8-14-11-12-6-7-13(14)10-12/h1-7,12-14H,8-11H2. The van der Waals surface area contributed by atoms with Crippen LogP contribution in [0.3, 0.4) is 0 Å². The van der Waals surface area contributed by atoms with Crippen LogP contribution in [0.25, 0.3) is 0 Å². The second-order valence-corrected chi connectivity index (χ2v) is 4.99. The van der Waals surface area contributed by atoms with Crippen LogP contribution in [0.4, 0.5) is 0 Å². The summed E-state index contributed by atoms with van der Waals surface area (Å²) in [5.41, 5.74) is 0. The SMILES string of the molecule is C1=CC2CC1CC2CCOc1ccccc1. The van der Waals surface area contributed by atoms with Gasteiger partial charge >= 0.3 is 0 Å². The number of allylic oxidation sites excluding steroid dienone is 2. The van der Waals surface area contributed by atoms with E-state index in [2.05, 4.69) is 12.2 Å². The molecule has 2 bridgehead atoms. The largest absolute Gasteiger partial charge is 0.494 e. The van der Waals surface area contributed by atoms with Crippen molar-refractivity contribution >= 4 is 0 Å². The van der Waals surface area contributed by atoms with Crippen molar-refractivity contribution in [3.8, 4) is 5.75 Å². The number of benzene rings is 1. The molecule has 0 N–H and O–H groups in total. The molecular weight excluding hydrogens is 196 g/mol. The molecule has 2 aliphatic carbocycles. The van der Waals surface area contributed by atoms with E-state index in [1.807, 2.05) is 30.3 Å². The minimum Gasteiger partial charge on any atom is -0.494 e. The molecule has 84 valence electrons. The zero-order valence-corrected chi connectivity index (χ0v) is 9.51. The summed E-state index contributed by atoms with van der Waals surface area (Å²) in [5.74, 6) is 3.61. The van der Waals surface area contributed by atoms with Crippen molar-refractivity contribution in [2.45, 2.75) is 19.3 Å². The lowest BCUT2D eigenvalue weighted by Crippen LogP contribution is -2.11. The minimum absolute atomic E-state index is 0.851. The van der Waals surface area contributed by atoms with Crippen LogP contribution in [0.5, 0.6) is 5.75 Å². The van der Waals surface area contributed by atoms with Crippen molar-refractivity contribution in [3.63, 3.8) is 0 Å². The predicted octanol–water partition coefficient (Wildman–Crippen LogP) is 3.67. The summed E-state index contributed by atoms with van der Waals surface area (Å²) in [6.45, 7) is 0.867. The van der Waals surface area contributed by atoms with Gasteiger partial charge in [-0.2, -0.15) is 0 Å². The first-order valence-corrected chi connectivity index (χ1v) is 6.28. The normalized spacial score (nSPS) is 30.9. The van der Waals surface area contributed by atoms with Crippen molar-refractivity contribution in [2.75, 3.05) is 6.61 Å². The fourth-order valence-electron chi connectivity index (χ4n) is 3.07. The van der Waals surface area contributed by atoms with E-state index in [1.54, 1.807) is 0 Å². The Bertz CT molecular complexity index is 368. The van der Waals surface area contributed by atoms with E-state index in [4.69, 9.17) is 4.74 Å². The van der Waals surface area contributed by atoms with E-state index in [1.165, 1.54) is 19.3 Å². The quantitative estimate of drug-likeness (QED) is 0.695. The fraction of sp³-hybridized carbons (Fsp3) is 0.467. The van der Waals surface area contributed by atoms with E-state index in [9.17, 15) is 0 Å². The van der Waals surface area contributed by atoms with E-state index < -0.39 is 0 Å². The Labute approximate surface area is 97.1 Å². The van der Waals surface area contributed by atoms with Crippen LogP contribution in [0, 0.1) is 17.8 Å². The Balaban J connectivity index is 1.46. The van der Waals surface area contributed by atoms with Crippen molar-refractivity contribution in [2.24, 2.45) is 17.8 Å². The molecule has 0 saturated heterocycles. The van der Waals surface area contributed by atoms with Crippen LogP contribution in [0.15, 0.2) is 42.5 Å². The molecule has 2 aliphatic rings. The second-order valence-electron chi connectivity index (χ2n) is 4.99. The Morgan fingerprint density at radius 2 is 1.94 bits per heavy atom. The van der Waals surface area contributed by atoms with Crippen LogP contribution < -0.4 is 4.74 Å². The van der Waals surface area contributed by atoms with Gasteiger partial charge in [0.1, 0.15) is 5.75 Å². The molecule has 3 rings (SSSR count). The zero-order chi connectivity index (χ0) is 10.8. The average molecular weight is 214 g/mol. The highest BCUT2D eigenvalue weighted by atomic mass is 16.5. The lowest BCUT2D eigenvalue weighted by molar-refractivity contribution is 0.263. The van der Waals surface area contributed by atoms with Crippen LogP contribution in [-0.2, 0) is 0 Å². The van der Waals surface area contributed by atoms with E-state index in [0.29, 0.717) is 0 Å². The first kappa shape index (κ1) is 9.95. The summed E-state index contributed by atoms with van der Waals surface area (Å²) in [6, 6.07) is 10.1. The smallest absolute Gasteiger partial charge is 0.119 e. The van der Waals surface area contributed by atoms with Gasteiger partial charge in [-0.15, -0.1) is 0 Å². The van der Waals surface area contributed by atoms with Crippen LogP contribution >= 0.6 is 0 Å². The monoisotopic (exact) mass is 214 g/mol. The third kappa shape index (κ3) is 1.99. The molecule has 1 fully saturated rings. The summed E-state index contributed by atoms with van der Waals surface area (Å²) in [5, 5.41) is 0. The molecule has 3 unspecified atom stereocenters. The van der Waals surface area contributed by atoms with Crippen LogP contribution in [0.1, 0.15) is 19.3 Å². The molecule has 0 heterocycles. The van der Waals surface area contributed by atoms with Gasteiger partial charge in [-0.1, -0.05) is 30.4 Å². The molecule has 1 heteroatoms. The summed E-state index contributed by atoms with van der Waals surface area (Å²) in [4.78, 5) is 0. The zero-order valence-electron chi connectivity index (χ0n) is 9.51. The Morgan fingerprint density at radius 3 is 2.62 bits per heavy atom. The molecule has 1 saturated carbocycles. The van der Waals surface area contributed by atoms with Gasteiger partial charge in [-0.3, -0.25) is 0 Å². The average Bonchev–Trinajstić information content (AvgIpc) is 2.92. The van der Waals surface area contributed by atoms with Gasteiger partial charge in [-0.25, -0.2) is 0 Å². The third-order valence-corrected chi connectivity index (χ3v) is 3.92. The molecule has 0 aliphatic heterocycles. The second kappa shape index (κ2) is 4.32. The summed E-state index contributed by atoms with van der Waals surface area (Å²) < 4.78 is 5.75. The van der Waals surface area contributed by atoms with Gasteiger partial charge in [0.25, 0.3) is 0 Å². The molecule has 0 spiro atoms. The van der Waals surface area contributed by atoms with Crippen molar-refractivity contribution < 1.29 is 4.74 Å². The Morgan fingerprint density at radius 1 is 1.06 bits per heavy atom. The summed E-state index contributed by atoms with van der Waals surface area (Å²) >= 11 is 0. The summed E-state index contributed by atoms with van der Waals surface area (Å²) in [7, 11) is 0. The number of rotatable bonds is 4. The van der Waals surface area contributed by atoms with Gasteiger partial charge in [0.15, 0.2) is 0 Å². The number of fused-ring (bicyclic) bond motifs is 2. The first-order chi connectivity index (χ1) is 7.92. The van der Waals surface area contributed by atoms with Crippen molar-refractivity contribution in [1.29, 1.82) is 0 Å². The van der Waals surface area contributed by atoms with Gasteiger partial charge in [0, 0.05) is 0 Å². The number of hydrogen-bond acceptors (Lipinski definition) is 1. The summed E-state index contributed by atoms with van der Waals surface area (Å²) in [6.07, 6.45) is 8.82. The number of hydrogen-bond donors (Lipinski definition) is 0. The van der Waals surface area contributed by atoms with Gasteiger partial charge < -0.3 is 4.74 Å². The number of ether oxygens (including phenoxy) is 1. The van der Waals surface area contributed by atoms with Crippen molar-refractivity contribution in [3.05, 3.63) is 42.5 Å². The van der Waals surface area contributed by atoms with Crippen LogP contribution in [0.2, 0.25) is 0 Å². The topological polar surface area (TPSA) is 9.23 Å². The Hall–Kier alpha value is -1.24. The lowest BCUT2D eigenvalue weighted by atomic mass is 9.91. The highest BCUT2D eigenvalue weighted by Gasteiger charge is 2.34. The van der Waals surface area contributed by atoms with E-state index in [0.717, 1.165) is 30.1 Å². The molecule has 16 heavy (non-hydrogen) atoms. The minimum atomic E-state index is 0.851. The molecule has 1 aromatic carbocycles. The molecule has 1 nitrogen and oxygen atoms in total. The molecule has 0 amide bonds. The third-order valence-electron chi connectivity index (χ3n) is 3.92. The fourth-order valence-corrected chi connectivity index (χ4v) is 3.07. The molecule has 1 aromatic rings. The Kier molecular flexibility index (Phi) is 2.69. The molecule has 0 aromatic heterocycles. The van der Waals surface area contributed by atoms with Crippen LogP contribution in [-0.4, -0.2) is 6.61 Å². The highest BCUT2D eigenvalue weighted by Crippen LogP contribution is 2.44. The maximum atomic E-state index is 5.75. The lowest BCUT2D eigenvalue weighted by Gasteiger charge is -2.17. The number of para-hydroxylation sites is 1. The predicted molar refractivity (Wildman–Crippen MR) is 65.4 cm³/mol. The highest BCUT2D eigenvalue weighted by molar-refractivity contribution is 5.20. The first-order valence-electron chi connectivity index (χ1n) is 6.28. The maximum absolute atomic E-state index is 5.75. The van der Waals surface area contributed by atoms with Gasteiger partial charge in [0.05, 0.1) is 6.61 Å². The van der Waals surface area contributed by atoms with Gasteiger partial charge in [-0.05, 0) is 49.1 Å². The van der Waals surface area contributed by atoms with E-state index in [-0.39, 0.29) is 0 Å².